The summed E-state index contributed by atoms with van der Waals surface area (Å²) in [5.74, 6) is -8.06. The monoisotopic (exact) mass is 1040 g/mol. The smallest absolute Gasteiger partial charge is 0.285 e. The van der Waals surface area contributed by atoms with E-state index >= 15 is 0 Å². The number of aromatic amines is 1. The van der Waals surface area contributed by atoms with Crippen LogP contribution in [0.5, 0.6) is 0 Å². The number of carbonyl (C=O) groups is 4. The van der Waals surface area contributed by atoms with Gasteiger partial charge in [0, 0.05) is 44.3 Å². The molecule has 8 rings (SSSR count). The van der Waals surface area contributed by atoms with E-state index in [1.165, 1.54) is 28.8 Å². The number of carbonyl (C=O) groups excluding carboxylic acids is 4. The zero-order valence-electron chi connectivity index (χ0n) is 35.6. The number of benzene rings is 5. The topological polar surface area (TPSA) is 131 Å². The van der Waals surface area contributed by atoms with E-state index in [1.54, 1.807) is 24.3 Å². The summed E-state index contributed by atoms with van der Waals surface area (Å²) in [4.78, 5) is 47.4. The molecule has 9 nitrogen and oxygen atoms in total. The van der Waals surface area contributed by atoms with Gasteiger partial charge in [0.2, 0.25) is 0 Å². The summed E-state index contributed by atoms with van der Waals surface area (Å²) in [7, 11) is 0. The lowest BCUT2D eigenvalue weighted by molar-refractivity contribution is -0.171. The van der Waals surface area contributed by atoms with E-state index in [9.17, 15) is 36.7 Å². The maximum atomic E-state index is 12.6. The maximum Gasteiger partial charge on any atom is 0.285 e. The second-order valence-corrected chi connectivity index (χ2v) is 17.0. The van der Waals surface area contributed by atoms with Gasteiger partial charge in [-0.3, -0.25) is 29.6 Å². The van der Waals surface area contributed by atoms with Crippen molar-refractivity contribution in [3.8, 4) is 0 Å². The summed E-state index contributed by atoms with van der Waals surface area (Å²) in [6.07, 6.45) is 2.19. The van der Waals surface area contributed by atoms with Gasteiger partial charge in [-0.2, -0.15) is 5.06 Å². The summed E-state index contributed by atoms with van der Waals surface area (Å²) < 4.78 is 51.1. The molecular formula is C46H43Cl2F4N3O6S5. The molecule has 66 heavy (non-hydrogen) atoms. The van der Waals surface area contributed by atoms with E-state index in [0.717, 1.165) is 31.8 Å². The van der Waals surface area contributed by atoms with Crippen LogP contribution in [0.2, 0.25) is 10.0 Å². The zero-order valence-corrected chi connectivity index (χ0v) is 41.5. The van der Waals surface area contributed by atoms with E-state index in [4.69, 9.17) is 45.8 Å². The number of aromatic nitrogens is 1. The molecule has 2 aliphatic rings. The second kappa shape index (κ2) is 27.9. The number of thiol groups is 4. The lowest BCUT2D eigenvalue weighted by atomic mass is 10.1. The second-order valence-electron chi connectivity index (χ2n) is 13.8. The first-order valence-electron chi connectivity index (χ1n) is 18.9. The fourth-order valence-electron chi connectivity index (χ4n) is 4.68. The first-order valence-corrected chi connectivity index (χ1v) is 21.9. The Labute approximate surface area is 416 Å². The summed E-state index contributed by atoms with van der Waals surface area (Å²) in [6, 6.07) is 29.8. The van der Waals surface area contributed by atoms with Gasteiger partial charge in [0.25, 0.3) is 23.6 Å². The molecule has 5 aromatic carbocycles. The third kappa shape index (κ3) is 18.2. The largest absolute Gasteiger partial charge is 0.353 e. The van der Waals surface area contributed by atoms with Crippen molar-refractivity contribution < 1.29 is 47.2 Å². The number of amides is 4. The zero-order chi connectivity index (χ0) is 50.0. The summed E-state index contributed by atoms with van der Waals surface area (Å²) in [5, 5.41) is 19.0. The van der Waals surface area contributed by atoms with Gasteiger partial charge in [0.05, 0.1) is 21.0 Å². The van der Waals surface area contributed by atoms with Crippen LogP contribution in [-0.2, 0) is 9.59 Å². The minimum absolute atomic E-state index is 0.130. The van der Waals surface area contributed by atoms with Crippen molar-refractivity contribution in [1.82, 2.24) is 15.1 Å². The molecule has 20 heteroatoms. The van der Waals surface area contributed by atoms with Gasteiger partial charge in [0.1, 0.15) is 4.64 Å². The number of H-pyrrole nitrogens is 1. The highest BCUT2D eigenvalue weighted by Crippen LogP contribution is 2.27. The molecular weight excluding hydrogens is 998 g/mol. The van der Waals surface area contributed by atoms with Crippen molar-refractivity contribution in [1.29, 1.82) is 0 Å². The average molecular weight is 1040 g/mol. The lowest BCUT2D eigenvalue weighted by Crippen LogP contribution is -2.25. The molecule has 0 saturated carbocycles. The number of aryl methyl sites for hydroxylation is 4. The number of hydrogen-bond acceptors (Lipinski definition) is 11. The summed E-state index contributed by atoms with van der Waals surface area (Å²) >= 11 is 32.0. The molecule has 0 bridgehead atoms. The molecule has 1 fully saturated rings. The number of fused-ring (bicyclic) bond motifs is 1. The molecule has 3 heterocycles. The lowest BCUT2D eigenvalue weighted by Gasteiger charge is -2.04. The SMILES string of the molecule is Cc1c(F)c(F)c(S)c(F)c1F.Cc1cc(Cl)c(S)cc1Cl.Cc1ccc(=S)[nH]c1.Cc1ccc(S)cc1.Cc1ccc(S)cc1.O=C1CCC(=O)N1O.O=C1c2ccccc2C(=O)N1O. The van der Waals surface area contributed by atoms with Crippen molar-refractivity contribution in [2.24, 2.45) is 0 Å². The van der Waals surface area contributed by atoms with Crippen LogP contribution in [0.1, 0.15) is 61.4 Å². The summed E-state index contributed by atoms with van der Waals surface area (Å²) in [6.45, 7) is 9.00. The number of hydrogen-bond donors (Lipinski definition) is 7. The maximum absolute atomic E-state index is 12.6. The number of rotatable bonds is 0. The highest BCUT2D eigenvalue weighted by atomic mass is 35.5. The van der Waals surface area contributed by atoms with Gasteiger partial charge >= 0.3 is 0 Å². The predicted molar refractivity (Wildman–Crippen MR) is 262 cm³/mol. The highest BCUT2D eigenvalue weighted by Gasteiger charge is 2.34. The van der Waals surface area contributed by atoms with E-state index in [1.807, 2.05) is 80.7 Å². The molecule has 0 spiro atoms. The minimum atomic E-state index is -1.46. The predicted octanol–water partition coefficient (Wildman–Crippen LogP) is 13.2. The molecule has 6 aromatic rings. The fraction of sp³-hybridized carbons (Fsp3) is 0.152. The summed E-state index contributed by atoms with van der Waals surface area (Å²) in [5.41, 5.74) is 4.58. The Morgan fingerprint density at radius 2 is 0.985 bits per heavy atom. The van der Waals surface area contributed by atoms with Gasteiger partial charge in [-0.1, -0.05) is 89.0 Å². The number of pyridine rings is 1. The molecule has 0 unspecified atom stereocenters. The molecule has 1 saturated heterocycles. The van der Waals surface area contributed by atoms with Crippen LogP contribution in [0.3, 0.4) is 0 Å². The third-order valence-electron chi connectivity index (χ3n) is 8.49. The van der Waals surface area contributed by atoms with Gasteiger partial charge in [0.15, 0.2) is 23.3 Å². The fourth-order valence-corrected chi connectivity index (χ4v) is 5.96. The number of halogens is 6. The van der Waals surface area contributed by atoms with Crippen LogP contribution in [-0.4, -0.2) is 49.2 Å². The van der Waals surface area contributed by atoms with Crippen LogP contribution in [0.15, 0.2) is 123 Å². The number of nitrogens with one attached hydrogen (secondary N) is 1. The molecule has 4 amide bonds. The Morgan fingerprint density at radius 1 is 0.576 bits per heavy atom. The Bertz CT molecular complexity index is 2400. The molecule has 1 aromatic heterocycles. The van der Waals surface area contributed by atoms with E-state index in [0.29, 0.717) is 10.0 Å². The third-order valence-corrected chi connectivity index (χ3v) is 11.0. The minimum Gasteiger partial charge on any atom is -0.353 e. The van der Waals surface area contributed by atoms with Crippen LogP contribution >= 0.6 is 85.9 Å². The van der Waals surface area contributed by atoms with Gasteiger partial charge in [-0.15, -0.1) is 55.6 Å². The standard InChI is InChI=1S/C8H5NO3.C7H6Cl2S.C7H4F4S.2C7H8S.C6H7NS.C4H5NO3/c10-7-5-3-1-2-4-6(5)8(11)9(7)12;1-4-2-6(9)7(10)3-5(4)8;1-2-3(8)5(10)7(12)6(11)4(2)9;2*1-6-2-4-7(8)5-3-6;1-5-2-3-6(8)7-4-5;6-3-1-2-4(7)5(3)8/h1-4,12H;2-3,10H,1H3;12H,1H3;2*2-5,8H,1H3;2-4H,1H3,(H,7,8);8H,1-2H2. The van der Waals surface area contributed by atoms with Crippen molar-refractivity contribution >= 4 is 110 Å². The van der Waals surface area contributed by atoms with Crippen molar-refractivity contribution in [2.75, 3.05) is 0 Å². The molecule has 0 atom stereocenters. The molecule has 0 aliphatic carbocycles. The van der Waals surface area contributed by atoms with Crippen LogP contribution in [0.25, 0.3) is 0 Å². The number of nitrogens with zero attached hydrogens (tertiary/aromatic N) is 2. The van der Waals surface area contributed by atoms with Crippen molar-refractivity contribution in [3.05, 3.63) is 180 Å². The van der Waals surface area contributed by atoms with Crippen molar-refractivity contribution in [3.63, 3.8) is 0 Å². The van der Waals surface area contributed by atoms with Crippen LogP contribution < -0.4 is 0 Å². The van der Waals surface area contributed by atoms with Gasteiger partial charge in [-0.05, 0) is 100 Å². The molecule has 350 valence electrons. The van der Waals surface area contributed by atoms with Crippen LogP contribution in [0.4, 0.5) is 17.6 Å². The van der Waals surface area contributed by atoms with Gasteiger partial charge < -0.3 is 4.98 Å². The van der Waals surface area contributed by atoms with E-state index in [-0.39, 0.29) is 34.1 Å². The van der Waals surface area contributed by atoms with Crippen molar-refractivity contribution in [2.45, 2.75) is 67.0 Å². The van der Waals surface area contributed by atoms with E-state index in [2.05, 4.69) is 69.3 Å². The number of hydroxylamine groups is 4. The normalized spacial score (nSPS) is 12.0. The Balaban J connectivity index is 0.000000266. The Morgan fingerprint density at radius 3 is 1.30 bits per heavy atom. The Hall–Kier alpha value is -4.63. The highest BCUT2D eigenvalue weighted by molar-refractivity contribution is 7.80. The molecule has 2 aliphatic heterocycles. The van der Waals surface area contributed by atoms with E-state index < -0.39 is 57.4 Å². The Kier molecular flexibility index (Phi) is 24.3. The first kappa shape index (κ1) is 57.5. The van der Waals surface area contributed by atoms with Crippen LogP contribution in [0, 0.1) is 62.5 Å². The number of imide groups is 2. The van der Waals surface area contributed by atoms with Gasteiger partial charge in [-0.25, -0.2) is 17.6 Å². The quantitative estimate of drug-likeness (QED) is 0.0201. The average Bonchev–Trinajstić information content (AvgIpc) is 3.71. The molecule has 0 radical (unpaired) electrons. The first-order chi connectivity index (χ1) is 30.9. The molecule has 3 N–H and O–H groups in total.